The molecule has 0 amide bonds. The zero-order valence-corrected chi connectivity index (χ0v) is 13.0. The molecule has 0 saturated heterocycles. The van der Waals surface area contributed by atoms with E-state index >= 15 is 0 Å². The van der Waals surface area contributed by atoms with Crippen LogP contribution in [0.25, 0.3) is 5.70 Å². The maximum absolute atomic E-state index is 14.4. The van der Waals surface area contributed by atoms with E-state index in [9.17, 15) is 8.78 Å². The zero-order chi connectivity index (χ0) is 16.2. The van der Waals surface area contributed by atoms with Crippen molar-refractivity contribution >= 4 is 23.0 Å². The number of nitrogens with zero attached hydrogens (tertiary/aromatic N) is 1. The molecular weight excluding hydrogens is 316 g/mol. The third-order valence-corrected chi connectivity index (χ3v) is 3.85. The van der Waals surface area contributed by atoms with E-state index < -0.39 is 11.7 Å². The summed E-state index contributed by atoms with van der Waals surface area (Å²) in [6.07, 6.45) is 2.18. The highest BCUT2D eigenvalue weighted by Gasteiger charge is 2.17. The van der Waals surface area contributed by atoms with Crippen LogP contribution in [0.4, 0.5) is 8.78 Å². The van der Waals surface area contributed by atoms with Crippen molar-refractivity contribution in [2.75, 3.05) is 0 Å². The molecule has 2 aromatic rings. The van der Waals surface area contributed by atoms with Crippen LogP contribution in [0.15, 0.2) is 77.3 Å². The summed E-state index contributed by atoms with van der Waals surface area (Å²) in [6, 6.07) is 16.0. The molecule has 1 heterocycles. The lowest BCUT2D eigenvalue weighted by Crippen LogP contribution is -2.04. The van der Waals surface area contributed by atoms with Crippen LogP contribution >= 0.6 is 11.6 Å². The number of hydrogen-bond acceptors (Lipinski definition) is 1. The van der Waals surface area contributed by atoms with E-state index in [-0.39, 0.29) is 5.70 Å². The Labute approximate surface area is 138 Å². The summed E-state index contributed by atoms with van der Waals surface area (Å²) in [5, 5.41) is 0.621. The van der Waals surface area contributed by atoms with Crippen LogP contribution in [0.3, 0.4) is 0 Å². The highest BCUT2D eigenvalue weighted by molar-refractivity contribution is 6.30. The second-order valence-electron chi connectivity index (χ2n) is 5.18. The Morgan fingerprint density at radius 2 is 1.57 bits per heavy atom. The van der Waals surface area contributed by atoms with Crippen LogP contribution < -0.4 is 0 Å². The zero-order valence-electron chi connectivity index (χ0n) is 12.3. The predicted octanol–water partition coefficient (Wildman–Crippen LogP) is 6.11. The molecule has 0 aliphatic carbocycles. The molecule has 3 rings (SSSR count). The first kappa shape index (κ1) is 15.6. The van der Waals surface area contributed by atoms with Gasteiger partial charge in [0.2, 0.25) is 0 Å². The molecule has 0 spiro atoms. The maximum Gasteiger partial charge on any atom is 0.184 e. The second kappa shape index (κ2) is 6.88. The van der Waals surface area contributed by atoms with E-state index in [4.69, 9.17) is 11.6 Å². The van der Waals surface area contributed by atoms with E-state index in [2.05, 4.69) is 4.99 Å². The van der Waals surface area contributed by atoms with Gasteiger partial charge in [-0.25, -0.2) is 13.8 Å². The maximum atomic E-state index is 14.4. The van der Waals surface area contributed by atoms with Gasteiger partial charge in [-0.2, -0.15) is 0 Å². The summed E-state index contributed by atoms with van der Waals surface area (Å²) >= 11 is 5.91. The fourth-order valence-corrected chi connectivity index (χ4v) is 2.54. The third kappa shape index (κ3) is 3.57. The summed E-state index contributed by atoms with van der Waals surface area (Å²) in [4.78, 5) is 4.43. The van der Waals surface area contributed by atoms with Crippen molar-refractivity contribution < 1.29 is 8.78 Å². The first-order valence-corrected chi connectivity index (χ1v) is 7.67. The Hall–Kier alpha value is -2.26. The lowest BCUT2D eigenvalue weighted by Gasteiger charge is -2.12. The molecule has 0 aromatic heterocycles. The second-order valence-corrected chi connectivity index (χ2v) is 5.62. The molecule has 1 nitrogen and oxygen atoms in total. The van der Waals surface area contributed by atoms with Gasteiger partial charge in [0.15, 0.2) is 11.7 Å². The van der Waals surface area contributed by atoms with Crippen LogP contribution in [0.2, 0.25) is 5.02 Å². The van der Waals surface area contributed by atoms with Gasteiger partial charge >= 0.3 is 0 Å². The minimum Gasteiger partial charge on any atom is -0.249 e. The van der Waals surface area contributed by atoms with Gasteiger partial charge in [0, 0.05) is 16.3 Å². The van der Waals surface area contributed by atoms with Gasteiger partial charge < -0.3 is 0 Å². The fraction of sp³-hybridized carbons (Fsp3) is 0.105. The van der Waals surface area contributed by atoms with Crippen molar-refractivity contribution in [2.45, 2.75) is 12.8 Å². The van der Waals surface area contributed by atoms with E-state index in [1.807, 2.05) is 18.2 Å². The van der Waals surface area contributed by atoms with Crippen molar-refractivity contribution in [3.63, 3.8) is 0 Å². The molecule has 0 saturated carbocycles. The normalized spacial score (nSPS) is 21.0. The standard InChI is InChI=1S/C19H14ClF2N/c20-15-11-9-13(10-12-15)17-8-4-7-16(21)18(22)19(23-17)14-5-2-1-3-6-14/h1-3,5-7,9-12H,4,8H2/b16-7+,19-18+,23-17?. The van der Waals surface area contributed by atoms with Gasteiger partial charge in [-0.3, -0.25) is 0 Å². The number of benzene rings is 2. The fourth-order valence-electron chi connectivity index (χ4n) is 2.42. The Balaban J connectivity index is 2.13. The average molecular weight is 330 g/mol. The average Bonchev–Trinajstić information content (AvgIpc) is 2.57. The quantitative estimate of drug-likeness (QED) is 0.630. The van der Waals surface area contributed by atoms with E-state index in [1.54, 1.807) is 36.4 Å². The van der Waals surface area contributed by atoms with Gasteiger partial charge in [0.1, 0.15) is 5.70 Å². The first-order chi connectivity index (χ1) is 11.1. The molecule has 23 heavy (non-hydrogen) atoms. The monoisotopic (exact) mass is 329 g/mol. The molecule has 0 N–H and O–H groups in total. The lowest BCUT2D eigenvalue weighted by molar-refractivity contribution is 0.542. The van der Waals surface area contributed by atoms with Crippen molar-refractivity contribution in [1.82, 2.24) is 0 Å². The van der Waals surface area contributed by atoms with Crippen LogP contribution in [0.1, 0.15) is 24.0 Å². The van der Waals surface area contributed by atoms with Crippen LogP contribution in [0, 0.1) is 0 Å². The number of aliphatic imine (C=N–C) groups is 1. The van der Waals surface area contributed by atoms with Crippen molar-refractivity contribution in [3.8, 4) is 0 Å². The Morgan fingerprint density at radius 1 is 0.870 bits per heavy atom. The summed E-state index contributed by atoms with van der Waals surface area (Å²) in [5.74, 6) is -1.79. The Bertz CT molecular complexity index is 790. The highest BCUT2D eigenvalue weighted by atomic mass is 35.5. The summed E-state index contributed by atoms with van der Waals surface area (Å²) in [6.45, 7) is 0. The number of rotatable bonds is 2. The van der Waals surface area contributed by atoms with Crippen LogP contribution in [-0.4, -0.2) is 5.71 Å². The van der Waals surface area contributed by atoms with Crippen molar-refractivity contribution in [3.05, 3.63) is 88.5 Å². The highest BCUT2D eigenvalue weighted by Crippen LogP contribution is 2.30. The number of allylic oxidation sites excluding steroid dienone is 3. The molecule has 2 aromatic carbocycles. The first-order valence-electron chi connectivity index (χ1n) is 7.30. The molecule has 0 atom stereocenters. The molecule has 1 aliphatic rings. The lowest BCUT2D eigenvalue weighted by atomic mass is 10.0. The molecular formula is C19H14ClF2N. The van der Waals surface area contributed by atoms with E-state index in [1.165, 1.54) is 6.08 Å². The van der Waals surface area contributed by atoms with Gasteiger partial charge in [0.25, 0.3) is 0 Å². The largest absolute Gasteiger partial charge is 0.249 e. The molecule has 116 valence electrons. The predicted molar refractivity (Wildman–Crippen MR) is 90.9 cm³/mol. The molecule has 0 unspecified atom stereocenters. The molecule has 0 bridgehead atoms. The molecule has 4 heteroatoms. The molecule has 1 aliphatic heterocycles. The third-order valence-electron chi connectivity index (χ3n) is 3.59. The van der Waals surface area contributed by atoms with Crippen LogP contribution in [-0.2, 0) is 0 Å². The topological polar surface area (TPSA) is 12.4 Å². The SMILES string of the molecule is FC1=C/CCC(c2ccc(Cl)cc2)=N/C(c2ccccc2)=C\1F. The molecule has 0 fully saturated rings. The van der Waals surface area contributed by atoms with E-state index in [0.717, 1.165) is 5.56 Å². The minimum atomic E-state index is -0.928. The van der Waals surface area contributed by atoms with Crippen molar-refractivity contribution in [1.29, 1.82) is 0 Å². The van der Waals surface area contributed by atoms with Gasteiger partial charge in [0.05, 0.1) is 0 Å². The Kier molecular flexibility index (Phi) is 4.68. The summed E-state index contributed by atoms with van der Waals surface area (Å²) in [5.41, 5.74) is 2.12. The van der Waals surface area contributed by atoms with Crippen molar-refractivity contribution in [2.24, 2.45) is 4.99 Å². The summed E-state index contributed by atoms with van der Waals surface area (Å²) in [7, 11) is 0. The minimum absolute atomic E-state index is 0.0176. The van der Waals surface area contributed by atoms with Gasteiger partial charge in [-0.1, -0.05) is 54.1 Å². The number of hydrogen-bond donors (Lipinski definition) is 0. The number of halogens is 3. The molecule has 0 radical (unpaired) electrons. The van der Waals surface area contributed by atoms with Gasteiger partial charge in [-0.05, 0) is 36.6 Å². The summed E-state index contributed by atoms with van der Waals surface area (Å²) < 4.78 is 28.3. The van der Waals surface area contributed by atoms with Crippen LogP contribution in [0.5, 0.6) is 0 Å². The van der Waals surface area contributed by atoms with Gasteiger partial charge in [-0.15, -0.1) is 0 Å². The smallest absolute Gasteiger partial charge is 0.184 e. The van der Waals surface area contributed by atoms with E-state index in [0.29, 0.717) is 29.1 Å². The Morgan fingerprint density at radius 3 is 2.26 bits per heavy atom.